The molecule has 0 aromatic carbocycles. The van der Waals surface area contributed by atoms with Gasteiger partial charge in [0.1, 0.15) is 5.82 Å². The first-order valence-electron chi connectivity index (χ1n) is 4.73. The van der Waals surface area contributed by atoms with Crippen molar-refractivity contribution in [2.24, 2.45) is 11.3 Å². The average Bonchev–Trinajstić information content (AvgIpc) is 2.89. The molecule has 2 rings (SSSR count). The first kappa shape index (κ1) is 9.55. The predicted octanol–water partition coefficient (Wildman–Crippen LogP) is 1.53. The minimum absolute atomic E-state index is 0.106. The molecule has 3 nitrogen and oxygen atoms in total. The van der Waals surface area contributed by atoms with Crippen molar-refractivity contribution in [3.8, 4) is 0 Å². The van der Waals surface area contributed by atoms with Gasteiger partial charge in [-0.15, -0.1) is 0 Å². The smallest absolute Gasteiger partial charge is 0.146 e. The number of nitrogens with two attached hydrogens (primary N) is 1. The van der Waals surface area contributed by atoms with E-state index < -0.39 is 0 Å². The molecule has 1 aromatic heterocycles. The van der Waals surface area contributed by atoms with Crippen LogP contribution in [-0.2, 0) is 0 Å². The van der Waals surface area contributed by atoms with Crippen molar-refractivity contribution in [1.29, 1.82) is 0 Å². The fourth-order valence-corrected chi connectivity index (χ4v) is 1.77. The van der Waals surface area contributed by atoms with E-state index in [9.17, 15) is 4.39 Å². The molecule has 76 valence electrons. The van der Waals surface area contributed by atoms with Gasteiger partial charge in [-0.1, -0.05) is 6.92 Å². The lowest BCUT2D eigenvalue weighted by molar-refractivity contribution is 0.359. The second-order valence-electron chi connectivity index (χ2n) is 4.15. The third-order valence-corrected chi connectivity index (χ3v) is 3.02. The summed E-state index contributed by atoms with van der Waals surface area (Å²) in [7, 11) is 0. The Morgan fingerprint density at radius 2 is 2.36 bits per heavy atom. The first-order chi connectivity index (χ1) is 6.67. The number of nitrogens with one attached hydrogen (secondary N) is 1. The Morgan fingerprint density at radius 3 is 2.86 bits per heavy atom. The fourth-order valence-electron chi connectivity index (χ4n) is 1.77. The van der Waals surface area contributed by atoms with Crippen molar-refractivity contribution >= 4 is 0 Å². The molecular weight excluding hydrogens is 181 g/mol. The molecule has 1 aliphatic rings. The molecule has 1 heterocycles. The van der Waals surface area contributed by atoms with Crippen molar-refractivity contribution < 1.29 is 4.39 Å². The molecule has 1 atom stereocenters. The van der Waals surface area contributed by atoms with Crippen LogP contribution in [0.1, 0.15) is 31.4 Å². The van der Waals surface area contributed by atoms with Gasteiger partial charge in [-0.2, -0.15) is 0 Å². The summed E-state index contributed by atoms with van der Waals surface area (Å²) in [5.41, 5.74) is 3.42. The minimum Gasteiger partial charge on any atom is -0.271 e. The molecule has 0 bridgehead atoms. The molecule has 1 saturated carbocycles. The average molecular weight is 195 g/mol. The van der Waals surface area contributed by atoms with E-state index in [2.05, 4.69) is 17.3 Å². The van der Waals surface area contributed by atoms with Crippen molar-refractivity contribution in [3.63, 3.8) is 0 Å². The Hall–Kier alpha value is -1.00. The number of hydrazine groups is 1. The summed E-state index contributed by atoms with van der Waals surface area (Å²) >= 11 is 0. The second kappa shape index (κ2) is 3.29. The van der Waals surface area contributed by atoms with Crippen molar-refractivity contribution in [3.05, 3.63) is 29.8 Å². The van der Waals surface area contributed by atoms with Crippen LogP contribution in [0.5, 0.6) is 0 Å². The Kier molecular flexibility index (Phi) is 2.25. The maximum absolute atomic E-state index is 13.4. The molecule has 1 unspecified atom stereocenters. The number of hydrogen-bond acceptors (Lipinski definition) is 3. The predicted molar refractivity (Wildman–Crippen MR) is 51.6 cm³/mol. The summed E-state index contributed by atoms with van der Waals surface area (Å²) in [4.78, 5) is 3.72. The number of hydrogen-bond donors (Lipinski definition) is 2. The van der Waals surface area contributed by atoms with Crippen molar-refractivity contribution in [2.45, 2.75) is 25.8 Å². The van der Waals surface area contributed by atoms with Gasteiger partial charge in [0.25, 0.3) is 0 Å². The molecule has 0 amide bonds. The number of pyridine rings is 1. The van der Waals surface area contributed by atoms with E-state index in [0.29, 0.717) is 5.56 Å². The van der Waals surface area contributed by atoms with E-state index in [0.717, 1.165) is 12.8 Å². The highest BCUT2D eigenvalue weighted by Crippen LogP contribution is 2.54. The second-order valence-corrected chi connectivity index (χ2v) is 4.15. The van der Waals surface area contributed by atoms with E-state index in [1.54, 1.807) is 12.3 Å². The van der Waals surface area contributed by atoms with E-state index >= 15 is 0 Å². The number of aromatic nitrogens is 1. The largest absolute Gasteiger partial charge is 0.271 e. The van der Waals surface area contributed by atoms with Crippen LogP contribution in [0.4, 0.5) is 4.39 Å². The molecule has 0 saturated heterocycles. The third kappa shape index (κ3) is 1.51. The monoisotopic (exact) mass is 195 g/mol. The Labute approximate surface area is 82.5 Å². The number of rotatable bonds is 3. The van der Waals surface area contributed by atoms with Gasteiger partial charge >= 0.3 is 0 Å². The van der Waals surface area contributed by atoms with Crippen molar-refractivity contribution in [1.82, 2.24) is 10.4 Å². The molecule has 1 aromatic rings. The van der Waals surface area contributed by atoms with Crippen molar-refractivity contribution in [2.75, 3.05) is 0 Å². The summed E-state index contributed by atoms with van der Waals surface area (Å²) in [6, 6.07) is 1.58. The first-order valence-corrected chi connectivity index (χ1v) is 4.73. The van der Waals surface area contributed by atoms with Crippen LogP contribution in [-0.4, -0.2) is 4.98 Å². The van der Waals surface area contributed by atoms with Gasteiger partial charge in [-0.05, 0) is 24.3 Å². The van der Waals surface area contributed by atoms with Gasteiger partial charge < -0.3 is 0 Å². The van der Waals surface area contributed by atoms with Gasteiger partial charge in [-0.25, -0.2) is 4.39 Å². The Bertz CT molecular complexity index is 336. The molecule has 0 aliphatic heterocycles. The number of halogens is 1. The standard InChI is InChI=1S/C10H14FN3/c1-10(3-4-10)9(14-12)7-2-5-13-6-8(7)11/h2,5-6,9,14H,3-4,12H2,1H3. The molecule has 14 heavy (non-hydrogen) atoms. The molecule has 1 aliphatic carbocycles. The maximum atomic E-state index is 13.4. The van der Waals surface area contributed by atoms with E-state index in [-0.39, 0.29) is 17.3 Å². The molecule has 0 radical (unpaired) electrons. The lowest BCUT2D eigenvalue weighted by Gasteiger charge is -2.23. The van der Waals surface area contributed by atoms with E-state index in [4.69, 9.17) is 5.84 Å². The third-order valence-electron chi connectivity index (χ3n) is 3.02. The van der Waals surface area contributed by atoms with Crippen LogP contribution in [0.3, 0.4) is 0 Å². The zero-order valence-corrected chi connectivity index (χ0v) is 8.13. The van der Waals surface area contributed by atoms with Crippen LogP contribution in [0.25, 0.3) is 0 Å². The van der Waals surface area contributed by atoms with Gasteiger partial charge in [0.05, 0.1) is 12.2 Å². The molecule has 3 N–H and O–H groups in total. The molecular formula is C10H14FN3. The topological polar surface area (TPSA) is 50.9 Å². The van der Waals surface area contributed by atoms with Gasteiger partial charge in [0.15, 0.2) is 0 Å². The lowest BCUT2D eigenvalue weighted by atomic mass is 9.93. The highest BCUT2D eigenvalue weighted by Gasteiger charge is 2.45. The van der Waals surface area contributed by atoms with E-state index in [1.807, 2.05) is 0 Å². The molecule has 4 heteroatoms. The van der Waals surface area contributed by atoms with Gasteiger partial charge in [-0.3, -0.25) is 16.3 Å². The summed E-state index contributed by atoms with van der Waals surface area (Å²) in [6.45, 7) is 2.11. The van der Waals surface area contributed by atoms with Crippen LogP contribution >= 0.6 is 0 Å². The molecule has 0 spiro atoms. The highest BCUT2D eigenvalue weighted by atomic mass is 19.1. The van der Waals surface area contributed by atoms with Crippen LogP contribution < -0.4 is 11.3 Å². The number of nitrogens with zero attached hydrogens (tertiary/aromatic N) is 1. The van der Waals surface area contributed by atoms with Crippen LogP contribution in [0.2, 0.25) is 0 Å². The summed E-state index contributed by atoms with van der Waals surface area (Å²) in [5, 5.41) is 0. The normalized spacial score (nSPS) is 20.5. The van der Waals surface area contributed by atoms with Crippen LogP contribution in [0, 0.1) is 11.2 Å². The SMILES string of the molecule is CC1(C(NN)c2ccncc2F)CC1. The summed E-state index contributed by atoms with van der Waals surface area (Å²) < 4.78 is 13.4. The zero-order valence-electron chi connectivity index (χ0n) is 8.13. The maximum Gasteiger partial charge on any atom is 0.146 e. The highest BCUT2D eigenvalue weighted by molar-refractivity contribution is 5.22. The Morgan fingerprint density at radius 1 is 1.64 bits per heavy atom. The quantitative estimate of drug-likeness (QED) is 0.568. The van der Waals surface area contributed by atoms with Gasteiger partial charge in [0, 0.05) is 11.8 Å². The van der Waals surface area contributed by atoms with E-state index in [1.165, 1.54) is 6.20 Å². The van der Waals surface area contributed by atoms with Gasteiger partial charge in [0.2, 0.25) is 0 Å². The molecule has 1 fully saturated rings. The lowest BCUT2D eigenvalue weighted by Crippen LogP contribution is -2.34. The van der Waals surface area contributed by atoms with Crippen LogP contribution in [0.15, 0.2) is 18.5 Å². The summed E-state index contributed by atoms with van der Waals surface area (Å²) in [5.74, 6) is 5.17. The Balaban J connectivity index is 2.32. The summed E-state index contributed by atoms with van der Waals surface area (Å²) in [6.07, 6.45) is 4.99. The fraction of sp³-hybridized carbons (Fsp3) is 0.500. The zero-order chi connectivity index (χ0) is 10.2. The minimum atomic E-state index is -0.288.